The number of carbonyl (C=O) groups excluding carboxylic acids is 1. The van der Waals surface area contributed by atoms with E-state index in [4.69, 9.17) is 0 Å². The van der Waals surface area contributed by atoms with E-state index in [9.17, 15) is 18.0 Å². The molecule has 0 fully saturated rings. The van der Waals surface area contributed by atoms with Crippen LogP contribution in [0.5, 0.6) is 0 Å². The molecule has 3 aromatic rings. The van der Waals surface area contributed by atoms with Gasteiger partial charge in [0.1, 0.15) is 5.69 Å². The number of benzene rings is 2. The minimum atomic E-state index is -4.41. The van der Waals surface area contributed by atoms with Crippen LogP contribution in [0.2, 0.25) is 0 Å². The molecule has 0 radical (unpaired) electrons. The number of carbonyl (C=O) groups is 1. The molecule has 0 unspecified atom stereocenters. The monoisotopic (exact) mass is 399 g/mol. The van der Waals surface area contributed by atoms with E-state index in [0.29, 0.717) is 24.5 Å². The first-order valence-electron chi connectivity index (χ1n) is 9.10. The van der Waals surface area contributed by atoms with Crippen LogP contribution in [0.3, 0.4) is 0 Å². The van der Waals surface area contributed by atoms with Crippen molar-refractivity contribution in [3.05, 3.63) is 89.7 Å². The molecule has 0 spiro atoms. The van der Waals surface area contributed by atoms with Crippen molar-refractivity contribution in [3.63, 3.8) is 0 Å². The second-order valence-corrected chi connectivity index (χ2v) is 6.44. The van der Waals surface area contributed by atoms with Gasteiger partial charge in [-0.15, -0.1) is 0 Å². The van der Waals surface area contributed by atoms with E-state index in [1.807, 2.05) is 37.3 Å². The van der Waals surface area contributed by atoms with Gasteiger partial charge in [0.2, 0.25) is 0 Å². The van der Waals surface area contributed by atoms with Crippen LogP contribution < -0.4 is 5.32 Å². The van der Waals surface area contributed by atoms with Crippen LogP contribution >= 0.6 is 0 Å². The lowest BCUT2D eigenvalue weighted by Gasteiger charge is -2.20. The zero-order valence-corrected chi connectivity index (χ0v) is 15.8. The molecule has 0 saturated carbocycles. The van der Waals surface area contributed by atoms with Gasteiger partial charge in [-0.25, -0.2) is 4.98 Å². The highest BCUT2D eigenvalue weighted by molar-refractivity contribution is 5.92. The average molecular weight is 399 g/mol. The fraction of sp³-hybridized carbons (Fsp3) is 0.182. The van der Waals surface area contributed by atoms with Gasteiger partial charge >= 0.3 is 6.18 Å². The summed E-state index contributed by atoms with van der Waals surface area (Å²) in [7, 11) is 0. The van der Waals surface area contributed by atoms with Gasteiger partial charge < -0.3 is 10.2 Å². The Bertz CT molecular complexity index is 957. The predicted molar refractivity (Wildman–Crippen MR) is 106 cm³/mol. The Morgan fingerprint density at radius 2 is 1.76 bits per heavy atom. The lowest BCUT2D eigenvalue weighted by molar-refractivity contribution is -0.137. The Morgan fingerprint density at radius 1 is 1.00 bits per heavy atom. The zero-order chi connectivity index (χ0) is 20.9. The summed E-state index contributed by atoms with van der Waals surface area (Å²) in [6.45, 7) is 2.89. The quantitative estimate of drug-likeness (QED) is 0.595. The standard InChI is InChI=1S/C22H20F3N3O/c1-2-28(15-16-7-4-3-5-8-16)21(29)20-12-11-19(14-26-20)27-18-10-6-9-17(13-18)22(23,24)25/h3-14,27H,2,15H2,1H3. The van der Waals surface area contributed by atoms with E-state index in [1.54, 1.807) is 17.0 Å². The highest BCUT2D eigenvalue weighted by Crippen LogP contribution is 2.31. The van der Waals surface area contributed by atoms with Crippen molar-refractivity contribution in [1.29, 1.82) is 0 Å². The minimum Gasteiger partial charge on any atom is -0.354 e. The Kier molecular flexibility index (Phi) is 6.16. The molecule has 0 bridgehead atoms. The Balaban J connectivity index is 1.70. The molecule has 4 nitrogen and oxygen atoms in total. The fourth-order valence-corrected chi connectivity index (χ4v) is 2.83. The van der Waals surface area contributed by atoms with E-state index in [-0.39, 0.29) is 11.6 Å². The number of nitrogens with zero attached hydrogens (tertiary/aromatic N) is 2. The molecule has 1 aromatic heterocycles. The van der Waals surface area contributed by atoms with E-state index in [2.05, 4.69) is 10.3 Å². The van der Waals surface area contributed by atoms with Crippen LogP contribution in [0.15, 0.2) is 72.9 Å². The molecule has 0 aliphatic rings. The number of halogens is 3. The molecule has 2 aromatic carbocycles. The number of anilines is 2. The van der Waals surface area contributed by atoms with Crippen LogP contribution in [0, 0.1) is 0 Å². The number of pyridine rings is 1. The molecule has 1 N–H and O–H groups in total. The number of rotatable bonds is 6. The molecule has 150 valence electrons. The predicted octanol–water partition coefficient (Wildman–Crippen LogP) is 5.51. The van der Waals surface area contributed by atoms with Crippen LogP contribution in [0.4, 0.5) is 24.5 Å². The molecular weight excluding hydrogens is 379 g/mol. The highest BCUT2D eigenvalue weighted by atomic mass is 19.4. The zero-order valence-electron chi connectivity index (χ0n) is 15.8. The molecule has 0 saturated heterocycles. The SMILES string of the molecule is CCN(Cc1ccccc1)C(=O)c1ccc(Nc2cccc(C(F)(F)F)c2)cn1. The smallest absolute Gasteiger partial charge is 0.354 e. The summed E-state index contributed by atoms with van der Waals surface area (Å²) in [5.41, 5.74) is 1.34. The molecule has 0 atom stereocenters. The fourth-order valence-electron chi connectivity index (χ4n) is 2.83. The first-order chi connectivity index (χ1) is 13.9. The molecule has 1 amide bonds. The van der Waals surface area contributed by atoms with Gasteiger partial charge in [0.25, 0.3) is 5.91 Å². The first kappa shape index (κ1) is 20.4. The maximum atomic E-state index is 12.8. The van der Waals surface area contributed by atoms with Crippen molar-refractivity contribution in [3.8, 4) is 0 Å². The lowest BCUT2D eigenvalue weighted by Crippen LogP contribution is -2.30. The Labute approximate surface area is 167 Å². The second-order valence-electron chi connectivity index (χ2n) is 6.44. The molecular formula is C22H20F3N3O. The summed E-state index contributed by atoms with van der Waals surface area (Å²) in [5, 5.41) is 2.88. The van der Waals surface area contributed by atoms with Crippen LogP contribution in [0.1, 0.15) is 28.5 Å². The number of nitrogens with one attached hydrogen (secondary N) is 1. The Morgan fingerprint density at radius 3 is 2.38 bits per heavy atom. The minimum absolute atomic E-state index is 0.207. The van der Waals surface area contributed by atoms with Crippen LogP contribution in [0.25, 0.3) is 0 Å². The maximum Gasteiger partial charge on any atom is 0.416 e. The van der Waals surface area contributed by atoms with Gasteiger partial charge in [-0.1, -0.05) is 36.4 Å². The van der Waals surface area contributed by atoms with Gasteiger partial charge in [0.05, 0.1) is 17.4 Å². The van der Waals surface area contributed by atoms with Crippen molar-refractivity contribution >= 4 is 17.3 Å². The van der Waals surface area contributed by atoms with Gasteiger partial charge in [-0.2, -0.15) is 13.2 Å². The summed E-state index contributed by atoms with van der Waals surface area (Å²) in [4.78, 5) is 18.6. The second kappa shape index (κ2) is 8.77. The van der Waals surface area contributed by atoms with Crippen molar-refractivity contribution in [2.45, 2.75) is 19.6 Å². The number of hydrogen-bond donors (Lipinski definition) is 1. The average Bonchev–Trinajstić information content (AvgIpc) is 2.72. The van der Waals surface area contributed by atoms with Crippen LogP contribution in [-0.2, 0) is 12.7 Å². The van der Waals surface area contributed by atoms with Crippen molar-refractivity contribution in [2.24, 2.45) is 0 Å². The van der Waals surface area contributed by atoms with Gasteiger partial charge in [-0.05, 0) is 42.8 Å². The van der Waals surface area contributed by atoms with Gasteiger partial charge in [0.15, 0.2) is 0 Å². The molecule has 7 heteroatoms. The molecule has 0 aliphatic carbocycles. The lowest BCUT2D eigenvalue weighted by atomic mass is 10.2. The summed E-state index contributed by atoms with van der Waals surface area (Å²) < 4.78 is 38.5. The van der Waals surface area contributed by atoms with Gasteiger partial charge in [-0.3, -0.25) is 4.79 Å². The topological polar surface area (TPSA) is 45.2 Å². The summed E-state index contributed by atoms with van der Waals surface area (Å²) >= 11 is 0. The number of aromatic nitrogens is 1. The van der Waals surface area contributed by atoms with Crippen molar-refractivity contribution in [2.75, 3.05) is 11.9 Å². The number of alkyl halides is 3. The molecule has 3 rings (SSSR count). The third-order valence-corrected chi connectivity index (χ3v) is 4.35. The highest BCUT2D eigenvalue weighted by Gasteiger charge is 2.30. The summed E-state index contributed by atoms with van der Waals surface area (Å²) in [6.07, 6.45) is -2.97. The van der Waals surface area contributed by atoms with Crippen LogP contribution in [-0.4, -0.2) is 22.3 Å². The third kappa shape index (κ3) is 5.34. The molecule has 1 heterocycles. The number of hydrogen-bond acceptors (Lipinski definition) is 3. The maximum absolute atomic E-state index is 12.8. The molecule has 29 heavy (non-hydrogen) atoms. The van der Waals surface area contributed by atoms with Gasteiger partial charge in [0, 0.05) is 18.8 Å². The summed E-state index contributed by atoms with van der Waals surface area (Å²) in [5.74, 6) is -0.207. The third-order valence-electron chi connectivity index (χ3n) is 4.35. The first-order valence-corrected chi connectivity index (χ1v) is 9.10. The molecule has 0 aliphatic heterocycles. The van der Waals surface area contributed by atoms with Crippen molar-refractivity contribution in [1.82, 2.24) is 9.88 Å². The summed E-state index contributed by atoms with van der Waals surface area (Å²) in [6, 6.07) is 17.7. The Hall–Kier alpha value is -3.35. The van der Waals surface area contributed by atoms with E-state index >= 15 is 0 Å². The van der Waals surface area contributed by atoms with E-state index < -0.39 is 11.7 Å². The number of amides is 1. The van der Waals surface area contributed by atoms with E-state index in [1.165, 1.54) is 18.3 Å². The normalized spacial score (nSPS) is 11.2. The van der Waals surface area contributed by atoms with E-state index in [0.717, 1.165) is 17.7 Å². The van der Waals surface area contributed by atoms with Crippen molar-refractivity contribution < 1.29 is 18.0 Å². The largest absolute Gasteiger partial charge is 0.416 e.